The third kappa shape index (κ3) is 3.11. The van der Waals surface area contributed by atoms with Crippen LogP contribution in [-0.4, -0.2) is 45.6 Å². The number of hydrogen-bond acceptors (Lipinski definition) is 5. The number of nitro groups is 1. The van der Waals surface area contributed by atoms with Crippen LogP contribution in [0, 0.1) is 10.1 Å². The number of hydrazone groups is 1. The van der Waals surface area contributed by atoms with Gasteiger partial charge in [-0.25, -0.2) is 0 Å². The highest BCUT2D eigenvalue weighted by atomic mass is 16.6. The largest absolute Gasteiger partial charge is 0.497 e. The highest BCUT2D eigenvalue weighted by molar-refractivity contribution is 5.98. The molecule has 4 rings (SSSR count). The summed E-state index contributed by atoms with van der Waals surface area (Å²) in [4.78, 5) is 10.6. The summed E-state index contributed by atoms with van der Waals surface area (Å²) in [5, 5.41) is 24.8. The van der Waals surface area contributed by atoms with Gasteiger partial charge in [-0.3, -0.25) is 10.1 Å². The molecule has 7 nitrogen and oxygen atoms in total. The van der Waals surface area contributed by atoms with E-state index in [1.54, 1.807) is 19.2 Å². The Bertz CT molecular complexity index is 908. The second-order valence-electron chi connectivity index (χ2n) is 7.28. The number of hydrazine groups is 1. The first-order valence-corrected chi connectivity index (χ1v) is 9.55. The molecule has 1 saturated heterocycles. The first kappa shape index (κ1) is 18.4. The van der Waals surface area contributed by atoms with E-state index in [1.807, 2.05) is 24.3 Å². The third-order valence-corrected chi connectivity index (χ3v) is 5.65. The Morgan fingerprint density at radius 3 is 2.46 bits per heavy atom. The Hall–Kier alpha value is -2.93. The average molecular weight is 382 g/mol. The number of rotatable bonds is 4. The van der Waals surface area contributed by atoms with E-state index < -0.39 is 10.6 Å². The number of nitrogens with zero attached hydrogens (tertiary/aromatic N) is 3. The highest BCUT2D eigenvalue weighted by Crippen LogP contribution is 2.38. The zero-order valence-electron chi connectivity index (χ0n) is 15.9. The van der Waals surface area contributed by atoms with Crippen LogP contribution in [0.25, 0.3) is 0 Å². The van der Waals surface area contributed by atoms with Crippen LogP contribution < -0.4 is 4.74 Å². The van der Waals surface area contributed by atoms with Crippen LogP contribution in [0.15, 0.2) is 48.5 Å². The number of methoxy groups -OCH3 is 1. The van der Waals surface area contributed by atoms with Gasteiger partial charge >= 0.3 is 0 Å². The normalized spacial score (nSPS) is 22.0. The lowest BCUT2D eigenvalue weighted by atomic mass is 9.94. The van der Waals surface area contributed by atoms with Gasteiger partial charge in [-0.05, 0) is 37.1 Å². The van der Waals surface area contributed by atoms with Crippen LogP contribution >= 0.6 is 0 Å². The summed E-state index contributed by atoms with van der Waals surface area (Å²) >= 11 is 0. The first-order valence-electron chi connectivity index (χ1n) is 9.55. The minimum absolute atomic E-state index is 0.0699. The molecule has 0 aliphatic carbocycles. The van der Waals surface area contributed by atoms with Gasteiger partial charge in [0.05, 0.1) is 25.0 Å². The van der Waals surface area contributed by atoms with E-state index in [0.29, 0.717) is 6.42 Å². The number of benzene rings is 2. The van der Waals surface area contributed by atoms with Crippen LogP contribution in [0.3, 0.4) is 0 Å². The van der Waals surface area contributed by atoms with Gasteiger partial charge in [0.1, 0.15) is 5.75 Å². The summed E-state index contributed by atoms with van der Waals surface area (Å²) in [6.45, 7) is 1.59. The summed E-state index contributed by atoms with van der Waals surface area (Å²) in [5.41, 5.74) is 1.64. The van der Waals surface area contributed by atoms with Crippen molar-refractivity contribution in [3.63, 3.8) is 0 Å². The summed E-state index contributed by atoms with van der Waals surface area (Å²) in [7, 11) is 1.62. The maximum Gasteiger partial charge on any atom is 0.269 e. The van der Waals surface area contributed by atoms with Crippen molar-refractivity contribution in [1.82, 2.24) is 5.01 Å². The molecule has 0 aromatic heterocycles. The molecule has 0 radical (unpaired) electrons. The smallest absolute Gasteiger partial charge is 0.269 e. The fourth-order valence-electron chi connectivity index (χ4n) is 4.16. The molecular formula is C21H24N3O4+. The van der Waals surface area contributed by atoms with Crippen LogP contribution in [0.5, 0.6) is 5.75 Å². The quantitative estimate of drug-likeness (QED) is 0.499. The van der Waals surface area contributed by atoms with Crippen LogP contribution in [0.1, 0.15) is 36.8 Å². The minimum atomic E-state index is -1.15. The predicted octanol–water partition coefficient (Wildman–Crippen LogP) is 3.05. The molecule has 0 unspecified atom stereocenters. The third-order valence-electron chi connectivity index (χ3n) is 5.65. The number of aliphatic hydroxyl groups is 1. The fraction of sp³-hybridized carbons (Fsp3) is 0.381. The Labute approximate surface area is 163 Å². The Morgan fingerprint density at radius 2 is 1.82 bits per heavy atom. The summed E-state index contributed by atoms with van der Waals surface area (Å²) in [6, 6.07) is 14.1. The fourth-order valence-corrected chi connectivity index (χ4v) is 4.16. The van der Waals surface area contributed by atoms with E-state index in [0.717, 1.165) is 54.9 Å². The molecule has 2 aromatic carbocycles. The van der Waals surface area contributed by atoms with E-state index in [1.165, 1.54) is 12.1 Å². The number of non-ortho nitro benzene ring substituents is 1. The zero-order valence-corrected chi connectivity index (χ0v) is 15.9. The maximum atomic E-state index is 11.7. The van der Waals surface area contributed by atoms with E-state index in [-0.39, 0.29) is 5.69 Å². The van der Waals surface area contributed by atoms with E-state index >= 15 is 0 Å². The van der Waals surface area contributed by atoms with Gasteiger partial charge in [-0.2, -0.15) is 0 Å². The van der Waals surface area contributed by atoms with Crippen molar-refractivity contribution in [2.24, 2.45) is 0 Å². The number of ether oxygens (including phenoxy) is 1. The summed E-state index contributed by atoms with van der Waals surface area (Å²) in [6.07, 6.45) is 3.60. The van der Waals surface area contributed by atoms with Crippen molar-refractivity contribution in [2.45, 2.75) is 31.4 Å². The second-order valence-corrected chi connectivity index (χ2v) is 7.28. The lowest BCUT2D eigenvalue weighted by Crippen LogP contribution is -2.46. The molecule has 1 N–H and O–H groups in total. The molecule has 0 amide bonds. The van der Waals surface area contributed by atoms with Gasteiger partial charge in [0.2, 0.25) is 11.4 Å². The van der Waals surface area contributed by atoms with Gasteiger partial charge in [-0.15, -0.1) is 9.69 Å². The Balaban J connectivity index is 1.75. The molecule has 0 saturated carbocycles. The van der Waals surface area contributed by atoms with Crippen molar-refractivity contribution in [3.05, 3.63) is 69.8 Å². The molecule has 2 aromatic rings. The lowest BCUT2D eigenvalue weighted by Gasteiger charge is -2.30. The van der Waals surface area contributed by atoms with Crippen molar-refractivity contribution in [2.75, 3.05) is 20.2 Å². The SMILES string of the molecule is COc1ccc([C@@]2(O)CC(c3ccc([N+](=O)[O-])cc3)=[N+]3CCCCCN32)cc1. The van der Waals surface area contributed by atoms with Crippen molar-refractivity contribution in [3.8, 4) is 5.75 Å². The van der Waals surface area contributed by atoms with E-state index in [9.17, 15) is 15.2 Å². The zero-order chi connectivity index (χ0) is 19.7. The topological polar surface area (TPSA) is 78.8 Å². The van der Waals surface area contributed by atoms with Gasteiger partial charge in [0.25, 0.3) is 5.69 Å². The molecule has 2 aliphatic rings. The molecule has 146 valence electrons. The van der Waals surface area contributed by atoms with Crippen LogP contribution in [0.4, 0.5) is 5.69 Å². The highest BCUT2D eigenvalue weighted by Gasteiger charge is 2.52. The second kappa shape index (κ2) is 7.24. The molecule has 0 bridgehead atoms. The van der Waals surface area contributed by atoms with E-state index in [2.05, 4.69) is 9.69 Å². The molecule has 28 heavy (non-hydrogen) atoms. The van der Waals surface area contributed by atoms with Crippen LogP contribution in [0.2, 0.25) is 0 Å². The molecule has 1 fully saturated rings. The van der Waals surface area contributed by atoms with Gasteiger partial charge < -0.3 is 9.84 Å². The predicted molar refractivity (Wildman–Crippen MR) is 104 cm³/mol. The molecule has 1 atom stereocenters. The lowest BCUT2D eigenvalue weighted by molar-refractivity contribution is -0.706. The Kier molecular flexibility index (Phi) is 4.77. The summed E-state index contributed by atoms with van der Waals surface area (Å²) in [5.74, 6) is 0.748. The maximum absolute atomic E-state index is 11.7. The van der Waals surface area contributed by atoms with Crippen LogP contribution in [-0.2, 0) is 5.72 Å². The number of fused-ring (bicyclic) bond motifs is 1. The molecule has 7 heteroatoms. The Morgan fingerprint density at radius 1 is 1.11 bits per heavy atom. The molecule has 2 aliphatic heterocycles. The molecular weight excluding hydrogens is 358 g/mol. The van der Waals surface area contributed by atoms with Gasteiger partial charge in [-0.1, -0.05) is 12.1 Å². The van der Waals surface area contributed by atoms with Gasteiger partial charge in [0, 0.05) is 29.7 Å². The monoisotopic (exact) mass is 382 g/mol. The van der Waals surface area contributed by atoms with Crippen molar-refractivity contribution >= 4 is 11.4 Å². The van der Waals surface area contributed by atoms with Crippen molar-refractivity contribution < 1.29 is 19.5 Å². The number of hydrogen-bond donors (Lipinski definition) is 1. The van der Waals surface area contributed by atoms with Gasteiger partial charge in [0.15, 0.2) is 6.54 Å². The van der Waals surface area contributed by atoms with Crippen molar-refractivity contribution in [1.29, 1.82) is 0 Å². The average Bonchev–Trinajstić information content (AvgIpc) is 2.87. The standard InChI is InChI=1S/C21H24N3O4/c1-28-19-11-7-17(8-12-19)21(25)15-20(22-13-3-2-4-14-23(21)22)16-5-9-18(10-6-16)24(26)27/h5-12,25H,2-4,13-15H2,1H3/q+1/t21-/m0/s1. The summed E-state index contributed by atoms with van der Waals surface area (Å²) < 4.78 is 7.41. The number of nitro benzene ring substituents is 1. The molecule has 2 heterocycles. The van der Waals surface area contributed by atoms with E-state index in [4.69, 9.17) is 4.74 Å². The molecule has 0 spiro atoms. The minimum Gasteiger partial charge on any atom is -0.497 e. The first-order chi connectivity index (χ1) is 13.5.